The van der Waals surface area contributed by atoms with Crippen molar-refractivity contribution in [1.82, 2.24) is 0 Å². The van der Waals surface area contributed by atoms with E-state index in [1.807, 2.05) is 0 Å². The molecule has 3 N–H and O–H groups in total. The van der Waals surface area contributed by atoms with E-state index in [1.165, 1.54) is 24.3 Å². The van der Waals surface area contributed by atoms with E-state index in [2.05, 4.69) is 0 Å². The molecule has 2 nitrogen and oxygen atoms in total. The van der Waals surface area contributed by atoms with Crippen LogP contribution in [0.4, 0.5) is 8.78 Å². The first-order chi connectivity index (χ1) is 6.52. The molecular formula is C10H13F2NO. The van der Waals surface area contributed by atoms with Gasteiger partial charge in [-0.25, -0.2) is 8.78 Å². The molecule has 0 amide bonds. The smallest absolute Gasteiger partial charge is 0.263 e. The van der Waals surface area contributed by atoms with E-state index < -0.39 is 18.6 Å². The fraction of sp³-hybridized carbons (Fsp3) is 0.400. The first-order valence-corrected chi connectivity index (χ1v) is 4.34. The minimum absolute atomic E-state index is 0.0356. The van der Waals surface area contributed by atoms with Crippen molar-refractivity contribution in [2.45, 2.75) is 25.5 Å². The Bertz CT molecular complexity index is 285. The van der Waals surface area contributed by atoms with Crippen LogP contribution >= 0.6 is 0 Å². The van der Waals surface area contributed by atoms with Crippen molar-refractivity contribution in [2.24, 2.45) is 5.73 Å². The molecule has 0 unspecified atom stereocenters. The first kappa shape index (κ1) is 11.1. The summed E-state index contributed by atoms with van der Waals surface area (Å²) in [7, 11) is 0. The van der Waals surface area contributed by atoms with Gasteiger partial charge in [0.05, 0.1) is 12.1 Å². The summed E-state index contributed by atoms with van der Waals surface area (Å²) in [6, 6.07) is 5.14. The molecule has 0 aliphatic heterocycles. The highest BCUT2D eigenvalue weighted by Gasteiger charge is 2.13. The van der Waals surface area contributed by atoms with Gasteiger partial charge in [-0.15, -0.1) is 0 Å². The highest BCUT2D eigenvalue weighted by molar-refractivity contribution is 5.26. The Morgan fingerprint density at radius 3 is 1.93 bits per heavy atom. The van der Waals surface area contributed by atoms with E-state index in [-0.39, 0.29) is 5.56 Å². The normalized spacial score (nSPS) is 15.6. The number of hydrogen-bond acceptors (Lipinski definition) is 2. The number of aliphatic hydroxyl groups excluding tert-OH is 1. The van der Waals surface area contributed by atoms with Gasteiger partial charge in [-0.05, 0) is 12.5 Å². The third kappa shape index (κ3) is 2.49. The zero-order valence-electron chi connectivity index (χ0n) is 7.82. The SMILES string of the molecule is C[C@@H](O)[C@@H](N)c1ccc(C(F)F)cc1. The van der Waals surface area contributed by atoms with Crippen LogP contribution in [0.2, 0.25) is 0 Å². The minimum atomic E-state index is -2.47. The fourth-order valence-electron chi connectivity index (χ4n) is 1.14. The quantitative estimate of drug-likeness (QED) is 0.785. The van der Waals surface area contributed by atoms with E-state index in [1.54, 1.807) is 6.92 Å². The Morgan fingerprint density at radius 2 is 1.57 bits per heavy atom. The predicted octanol–water partition coefficient (Wildman–Crippen LogP) is 2.00. The van der Waals surface area contributed by atoms with Gasteiger partial charge >= 0.3 is 0 Å². The Balaban J connectivity index is 2.83. The lowest BCUT2D eigenvalue weighted by molar-refractivity contribution is 0.151. The molecule has 78 valence electrons. The van der Waals surface area contributed by atoms with Crippen LogP contribution in [-0.4, -0.2) is 11.2 Å². The maximum atomic E-state index is 12.2. The molecule has 0 saturated carbocycles. The zero-order valence-corrected chi connectivity index (χ0v) is 7.82. The molecule has 0 saturated heterocycles. The van der Waals surface area contributed by atoms with Crippen molar-refractivity contribution in [3.8, 4) is 0 Å². The number of nitrogens with two attached hydrogens (primary N) is 1. The molecule has 14 heavy (non-hydrogen) atoms. The van der Waals surface area contributed by atoms with Crippen molar-refractivity contribution in [2.75, 3.05) is 0 Å². The van der Waals surface area contributed by atoms with Gasteiger partial charge in [-0.2, -0.15) is 0 Å². The number of benzene rings is 1. The van der Waals surface area contributed by atoms with Gasteiger partial charge in [-0.1, -0.05) is 24.3 Å². The second-order valence-electron chi connectivity index (χ2n) is 3.23. The Kier molecular flexibility index (Phi) is 3.55. The van der Waals surface area contributed by atoms with E-state index in [4.69, 9.17) is 5.73 Å². The second-order valence-corrected chi connectivity index (χ2v) is 3.23. The summed E-state index contributed by atoms with van der Waals surface area (Å²) in [6.45, 7) is 1.56. The van der Waals surface area contributed by atoms with Gasteiger partial charge in [0, 0.05) is 5.56 Å². The maximum Gasteiger partial charge on any atom is 0.263 e. The lowest BCUT2D eigenvalue weighted by Crippen LogP contribution is -2.22. The molecule has 0 aliphatic carbocycles. The highest BCUT2D eigenvalue weighted by Crippen LogP contribution is 2.21. The first-order valence-electron chi connectivity index (χ1n) is 4.34. The molecule has 1 aromatic carbocycles. The molecular weight excluding hydrogens is 188 g/mol. The lowest BCUT2D eigenvalue weighted by Gasteiger charge is -2.15. The van der Waals surface area contributed by atoms with Crippen molar-refractivity contribution in [3.05, 3.63) is 35.4 Å². The van der Waals surface area contributed by atoms with Crippen LogP contribution in [0.3, 0.4) is 0 Å². The molecule has 4 heteroatoms. The zero-order chi connectivity index (χ0) is 10.7. The molecule has 0 fully saturated rings. The maximum absolute atomic E-state index is 12.2. The molecule has 0 radical (unpaired) electrons. The van der Waals surface area contributed by atoms with Crippen molar-refractivity contribution < 1.29 is 13.9 Å². The van der Waals surface area contributed by atoms with Crippen LogP contribution in [0.5, 0.6) is 0 Å². The largest absolute Gasteiger partial charge is 0.391 e. The molecule has 2 atom stereocenters. The van der Waals surface area contributed by atoms with E-state index in [0.29, 0.717) is 5.56 Å². The van der Waals surface area contributed by atoms with E-state index in [0.717, 1.165) is 0 Å². The summed E-state index contributed by atoms with van der Waals surface area (Å²) in [5, 5.41) is 9.18. The topological polar surface area (TPSA) is 46.2 Å². The Hall–Kier alpha value is -1.00. The molecule has 0 spiro atoms. The van der Waals surface area contributed by atoms with Crippen LogP contribution < -0.4 is 5.73 Å². The Labute approximate surface area is 81.4 Å². The standard InChI is InChI=1S/C10H13F2NO/c1-6(14)9(13)7-2-4-8(5-3-7)10(11)12/h2-6,9-10,14H,13H2,1H3/t6-,9-/m1/s1. The van der Waals surface area contributed by atoms with Crippen molar-refractivity contribution in [1.29, 1.82) is 0 Å². The summed E-state index contributed by atoms with van der Waals surface area (Å²) in [5.74, 6) is 0. The minimum Gasteiger partial charge on any atom is -0.391 e. The van der Waals surface area contributed by atoms with Gasteiger partial charge < -0.3 is 10.8 Å². The number of rotatable bonds is 3. The summed E-state index contributed by atoms with van der Waals surface area (Å²) in [6.07, 6.45) is -3.15. The molecule has 0 aromatic heterocycles. The van der Waals surface area contributed by atoms with Gasteiger partial charge in [-0.3, -0.25) is 0 Å². The number of hydrogen-bond donors (Lipinski definition) is 2. The highest BCUT2D eigenvalue weighted by atomic mass is 19.3. The molecule has 0 aliphatic rings. The molecule has 1 aromatic rings. The van der Waals surface area contributed by atoms with Crippen molar-refractivity contribution in [3.63, 3.8) is 0 Å². The van der Waals surface area contributed by atoms with Crippen molar-refractivity contribution >= 4 is 0 Å². The van der Waals surface area contributed by atoms with Crippen LogP contribution in [0.1, 0.15) is 30.5 Å². The fourth-order valence-corrected chi connectivity index (χ4v) is 1.14. The van der Waals surface area contributed by atoms with E-state index >= 15 is 0 Å². The number of halogens is 2. The van der Waals surface area contributed by atoms with Crippen LogP contribution in [0, 0.1) is 0 Å². The van der Waals surface area contributed by atoms with Gasteiger partial charge in [0.15, 0.2) is 0 Å². The van der Waals surface area contributed by atoms with Gasteiger partial charge in [0.25, 0.3) is 6.43 Å². The summed E-state index contributed by atoms with van der Waals surface area (Å²) in [4.78, 5) is 0. The third-order valence-electron chi connectivity index (χ3n) is 2.09. The summed E-state index contributed by atoms with van der Waals surface area (Å²) < 4.78 is 24.4. The van der Waals surface area contributed by atoms with Gasteiger partial charge in [0.1, 0.15) is 0 Å². The number of aliphatic hydroxyl groups is 1. The third-order valence-corrected chi connectivity index (χ3v) is 2.09. The molecule has 0 bridgehead atoms. The van der Waals surface area contributed by atoms with Crippen LogP contribution in [0.25, 0.3) is 0 Å². The number of alkyl halides is 2. The lowest BCUT2D eigenvalue weighted by atomic mass is 10.0. The predicted molar refractivity (Wildman–Crippen MR) is 50.0 cm³/mol. The van der Waals surface area contributed by atoms with E-state index in [9.17, 15) is 13.9 Å². The monoisotopic (exact) mass is 201 g/mol. The second kappa shape index (κ2) is 4.48. The van der Waals surface area contributed by atoms with Crippen LogP contribution in [-0.2, 0) is 0 Å². The van der Waals surface area contributed by atoms with Crippen LogP contribution in [0.15, 0.2) is 24.3 Å². The molecule has 1 rings (SSSR count). The molecule has 0 heterocycles. The summed E-state index contributed by atoms with van der Waals surface area (Å²) >= 11 is 0. The van der Waals surface area contributed by atoms with Gasteiger partial charge in [0.2, 0.25) is 0 Å². The average molecular weight is 201 g/mol. The summed E-state index contributed by atoms with van der Waals surface area (Å²) in [5.41, 5.74) is 6.25. The average Bonchev–Trinajstić information content (AvgIpc) is 2.16. The Morgan fingerprint density at radius 1 is 1.14 bits per heavy atom.